The van der Waals surface area contributed by atoms with E-state index in [0.717, 1.165) is 49.6 Å². The number of nitrogens with zero attached hydrogens (tertiary/aromatic N) is 1. The minimum Gasteiger partial charge on any atom is -0.374 e. The largest absolute Gasteiger partial charge is 0.416 e. The van der Waals surface area contributed by atoms with Gasteiger partial charge in [-0.2, -0.15) is 13.2 Å². The third-order valence-corrected chi connectivity index (χ3v) is 6.81. The van der Waals surface area contributed by atoms with Crippen molar-refractivity contribution >= 4 is 29.3 Å². The Hall–Kier alpha value is -1.74. The topological polar surface area (TPSA) is 58.6 Å². The van der Waals surface area contributed by atoms with E-state index in [-0.39, 0.29) is 30.2 Å². The molecule has 0 bridgehead atoms. The first-order valence-electron chi connectivity index (χ1n) is 9.43. The van der Waals surface area contributed by atoms with E-state index in [0.29, 0.717) is 18.0 Å². The van der Waals surface area contributed by atoms with Crippen LogP contribution in [0.3, 0.4) is 0 Å². The van der Waals surface area contributed by atoms with Crippen LogP contribution in [0.4, 0.5) is 18.9 Å². The molecule has 1 aliphatic carbocycles. The van der Waals surface area contributed by atoms with Crippen LogP contribution in [0.2, 0.25) is 0 Å². The van der Waals surface area contributed by atoms with Crippen molar-refractivity contribution in [2.75, 3.05) is 18.5 Å². The molecule has 0 unspecified atom stereocenters. The van der Waals surface area contributed by atoms with Crippen molar-refractivity contribution in [1.82, 2.24) is 4.90 Å². The van der Waals surface area contributed by atoms with Gasteiger partial charge in [0.15, 0.2) is 0 Å². The maximum absolute atomic E-state index is 12.9. The summed E-state index contributed by atoms with van der Waals surface area (Å²) in [6.07, 6.45) is -0.362. The molecule has 1 aromatic carbocycles. The van der Waals surface area contributed by atoms with Gasteiger partial charge in [0.05, 0.1) is 35.3 Å². The van der Waals surface area contributed by atoms with E-state index in [2.05, 4.69) is 5.32 Å². The van der Waals surface area contributed by atoms with Crippen LogP contribution in [0.1, 0.15) is 37.7 Å². The Kier molecular flexibility index (Phi) is 5.30. The average molecular weight is 414 g/mol. The van der Waals surface area contributed by atoms with Crippen molar-refractivity contribution < 1.29 is 27.5 Å². The number of carbonyl (C=O) groups excluding carboxylic acids is 2. The lowest BCUT2D eigenvalue weighted by atomic mass is 9.90. The minimum absolute atomic E-state index is 0.0280. The van der Waals surface area contributed by atoms with Crippen LogP contribution < -0.4 is 5.32 Å². The van der Waals surface area contributed by atoms with Gasteiger partial charge < -0.3 is 15.0 Å². The van der Waals surface area contributed by atoms with Crippen molar-refractivity contribution in [1.29, 1.82) is 0 Å². The molecule has 1 aromatic rings. The fraction of sp³-hybridized carbons (Fsp3) is 0.579. The van der Waals surface area contributed by atoms with Gasteiger partial charge in [-0.1, -0.05) is 12.8 Å². The van der Waals surface area contributed by atoms with Crippen LogP contribution in [0.5, 0.6) is 0 Å². The number of benzene rings is 1. The number of hydrogen-bond donors (Lipinski definition) is 1. The van der Waals surface area contributed by atoms with Crippen LogP contribution >= 0.6 is 11.8 Å². The van der Waals surface area contributed by atoms with Crippen LogP contribution in [0, 0.1) is 0 Å². The number of hydrogen-bond acceptors (Lipinski definition) is 4. The van der Waals surface area contributed by atoms with E-state index in [1.165, 1.54) is 6.07 Å². The zero-order chi connectivity index (χ0) is 19.9. The summed E-state index contributed by atoms with van der Waals surface area (Å²) < 4.78 is 44.4. The molecule has 1 saturated carbocycles. The Morgan fingerprint density at radius 1 is 1.29 bits per heavy atom. The van der Waals surface area contributed by atoms with E-state index in [1.807, 2.05) is 4.90 Å². The summed E-state index contributed by atoms with van der Waals surface area (Å²) in [6.45, 7) is 1.02. The molecule has 3 aliphatic rings. The van der Waals surface area contributed by atoms with Crippen molar-refractivity contribution in [2.24, 2.45) is 0 Å². The maximum atomic E-state index is 12.9. The number of morpholine rings is 1. The molecule has 28 heavy (non-hydrogen) atoms. The van der Waals surface area contributed by atoms with Crippen LogP contribution in [0.15, 0.2) is 23.1 Å². The van der Waals surface area contributed by atoms with Gasteiger partial charge in [0.25, 0.3) is 0 Å². The van der Waals surface area contributed by atoms with Crippen molar-refractivity contribution in [3.63, 3.8) is 0 Å². The predicted molar refractivity (Wildman–Crippen MR) is 98.0 cm³/mol. The highest BCUT2D eigenvalue weighted by Gasteiger charge is 2.39. The summed E-state index contributed by atoms with van der Waals surface area (Å²) in [6, 6.07) is 3.35. The molecular weight excluding hydrogens is 393 g/mol. The second-order valence-corrected chi connectivity index (χ2v) is 8.60. The standard InChI is InChI=1S/C19H21F3N2O3S/c20-19(21,22)11-5-6-15-12(9-11)23-18(26)16(28-15)10-17(25)24-7-8-27-14-4-2-1-3-13(14)24/h5-6,9,13-14,16H,1-4,7-8,10H2,(H,23,26)/t13-,14+,16-/m1/s1. The first-order valence-corrected chi connectivity index (χ1v) is 10.3. The summed E-state index contributed by atoms with van der Waals surface area (Å²) in [5.41, 5.74) is -0.662. The lowest BCUT2D eigenvalue weighted by molar-refractivity contribution is -0.150. The summed E-state index contributed by atoms with van der Waals surface area (Å²) in [7, 11) is 0. The SMILES string of the molecule is O=C1Nc2cc(C(F)(F)F)ccc2S[C@@H]1CC(=O)N1CCO[C@H]2CCCC[C@H]21. The van der Waals surface area contributed by atoms with Gasteiger partial charge in [-0.15, -0.1) is 11.8 Å². The van der Waals surface area contributed by atoms with Gasteiger partial charge in [0.2, 0.25) is 11.8 Å². The van der Waals surface area contributed by atoms with Gasteiger partial charge in [0, 0.05) is 17.9 Å². The number of thioether (sulfide) groups is 1. The predicted octanol–water partition coefficient (Wildman–Crippen LogP) is 3.68. The number of anilines is 1. The summed E-state index contributed by atoms with van der Waals surface area (Å²) in [5.74, 6) is -0.526. The monoisotopic (exact) mass is 414 g/mol. The number of carbonyl (C=O) groups is 2. The van der Waals surface area contributed by atoms with Gasteiger partial charge in [-0.05, 0) is 31.0 Å². The van der Waals surface area contributed by atoms with Crippen molar-refractivity contribution in [2.45, 2.75) is 60.6 Å². The molecule has 0 radical (unpaired) electrons. The third kappa shape index (κ3) is 3.87. The molecule has 2 heterocycles. The molecule has 2 fully saturated rings. The smallest absolute Gasteiger partial charge is 0.374 e. The maximum Gasteiger partial charge on any atom is 0.416 e. The lowest BCUT2D eigenvalue weighted by Crippen LogP contribution is -2.55. The fourth-order valence-corrected chi connectivity index (χ4v) is 5.23. The second kappa shape index (κ2) is 7.59. The number of ether oxygens (including phenoxy) is 1. The van der Waals surface area contributed by atoms with Gasteiger partial charge >= 0.3 is 6.18 Å². The number of alkyl halides is 3. The highest BCUT2D eigenvalue weighted by molar-refractivity contribution is 8.01. The molecule has 1 saturated heterocycles. The molecule has 0 aromatic heterocycles. The third-order valence-electron chi connectivity index (χ3n) is 5.54. The Morgan fingerprint density at radius 2 is 2.07 bits per heavy atom. The quantitative estimate of drug-likeness (QED) is 0.802. The van der Waals surface area contributed by atoms with E-state index < -0.39 is 22.9 Å². The summed E-state index contributed by atoms with van der Waals surface area (Å²) >= 11 is 1.15. The number of rotatable bonds is 2. The first-order chi connectivity index (χ1) is 13.3. The second-order valence-electron chi connectivity index (χ2n) is 7.36. The average Bonchev–Trinajstić information content (AvgIpc) is 2.67. The normalized spacial score (nSPS) is 27.6. The summed E-state index contributed by atoms with van der Waals surface area (Å²) in [4.78, 5) is 27.7. The molecule has 2 aliphatic heterocycles. The van der Waals surface area contributed by atoms with Crippen LogP contribution in [-0.4, -0.2) is 47.3 Å². The molecule has 1 N–H and O–H groups in total. The van der Waals surface area contributed by atoms with E-state index in [1.54, 1.807) is 0 Å². The van der Waals surface area contributed by atoms with Gasteiger partial charge in [-0.25, -0.2) is 0 Å². The van der Waals surface area contributed by atoms with Crippen molar-refractivity contribution in [3.05, 3.63) is 23.8 Å². The lowest BCUT2D eigenvalue weighted by Gasteiger charge is -2.44. The van der Waals surface area contributed by atoms with E-state index in [9.17, 15) is 22.8 Å². The number of halogens is 3. The van der Waals surface area contributed by atoms with Crippen molar-refractivity contribution in [3.8, 4) is 0 Å². The fourth-order valence-electron chi connectivity index (χ4n) is 4.14. The molecule has 152 valence electrons. The van der Waals surface area contributed by atoms with Gasteiger partial charge in [0.1, 0.15) is 0 Å². The zero-order valence-electron chi connectivity index (χ0n) is 15.1. The molecule has 0 spiro atoms. The highest BCUT2D eigenvalue weighted by Crippen LogP contribution is 2.41. The molecule has 5 nitrogen and oxygen atoms in total. The van der Waals surface area contributed by atoms with E-state index in [4.69, 9.17) is 4.74 Å². The summed E-state index contributed by atoms with van der Waals surface area (Å²) in [5, 5.41) is 1.88. The molecule has 4 rings (SSSR count). The Morgan fingerprint density at radius 3 is 2.86 bits per heavy atom. The highest BCUT2D eigenvalue weighted by atomic mass is 32.2. The minimum atomic E-state index is -4.47. The first kappa shape index (κ1) is 19.6. The number of fused-ring (bicyclic) bond motifs is 2. The van der Waals surface area contributed by atoms with E-state index >= 15 is 0 Å². The number of nitrogens with one attached hydrogen (secondary N) is 1. The Balaban J connectivity index is 1.45. The zero-order valence-corrected chi connectivity index (χ0v) is 15.9. The Labute approximate surface area is 165 Å². The molecular formula is C19H21F3N2O3S. The number of amides is 2. The van der Waals surface area contributed by atoms with Crippen LogP contribution in [0.25, 0.3) is 0 Å². The Bertz CT molecular complexity index is 784. The van der Waals surface area contributed by atoms with Crippen LogP contribution in [-0.2, 0) is 20.5 Å². The molecule has 2 amide bonds. The molecule has 9 heteroatoms. The molecule has 3 atom stereocenters. The van der Waals surface area contributed by atoms with Gasteiger partial charge in [-0.3, -0.25) is 9.59 Å².